The number of amides is 2. The third kappa shape index (κ3) is 3.59. The molecule has 6 heteroatoms. The van der Waals surface area contributed by atoms with E-state index in [4.69, 9.17) is 0 Å². The summed E-state index contributed by atoms with van der Waals surface area (Å²) in [5.41, 5.74) is 0.775. The average molecular weight is 346 g/mol. The number of benzene rings is 1. The minimum absolute atomic E-state index is 0.0458. The largest absolute Gasteiger partial charge is 0.326 e. The number of hydrogen-bond donors (Lipinski definition) is 1. The second kappa shape index (κ2) is 7.19. The van der Waals surface area contributed by atoms with Gasteiger partial charge in [0.1, 0.15) is 6.04 Å². The number of rotatable bonds is 4. The fraction of sp³-hybridized carbons (Fsp3) is 0.294. The van der Waals surface area contributed by atoms with Gasteiger partial charge in [-0.3, -0.25) is 9.59 Å². The second-order valence-corrected chi connectivity index (χ2v) is 7.18. The van der Waals surface area contributed by atoms with Crippen molar-refractivity contribution in [1.82, 2.24) is 4.90 Å². The van der Waals surface area contributed by atoms with Crippen LogP contribution >= 0.6 is 23.1 Å². The van der Waals surface area contributed by atoms with E-state index in [2.05, 4.69) is 5.32 Å². The molecule has 1 unspecified atom stereocenters. The molecule has 0 radical (unpaired) electrons. The molecule has 1 aromatic heterocycles. The molecule has 1 aliphatic heterocycles. The summed E-state index contributed by atoms with van der Waals surface area (Å²) >= 11 is 3.05. The smallest absolute Gasteiger partial charge is 0.264 e. The van der Waals surface area contributed by atoms with Gasteiger partial charge in [0.05, 0.1) is 4.88 Å². The summed E-state index contributed by atoms with van der Waals surface area (Å²) in [7, 11) is 0. The van der Waals surface area contributed by atoms with Gasteiger partial charge < -0.3 is 10.2 Å². The molecule has 1 aromatic carbocycles. The molecular weight excluding hydrogens is 328 g/mol. The fourth-order valence-electron chi connectivity index (χ4n) is 2.75. The van der Waals surface area contributed by atoms with Crippen LogP contribution in [-0.2, 0) is 4.79 Å². The van der Waals surface area contributed by atoms with E-state index in [1.54, 1.807) is 16.7 Å². The number of hydrogen-bond acceptors (Lipinski definition) is 4. The molecule has 1 saturated heterocycles. The van der Waals surface area contributed by atoms with Gasteiger partial charge in [0.15, 0.2) is 0 Å². The van der Waals surface area contributed by atoms with Crippen molar-refractivity contribution in [2.75, 3.05) is 18.1 Å². The van der Waals surface area contributed by atoms with E-state index in [9.17, 15) is 9.59 Å². The Morgan fingerprint density at radius 1 is 1.30 bits per heavy atom. The molecule has 4 nitrogen and oxygen atoms in total. The van der Waals surface area contributed by atoms with Crippen LogP contribution in [0.4, 0.5) is 5.69 Å². The summed E-state index contributed by atoms with van der Waals surface area (Å²) < 4.78 is 0. The predicted molar refractivity (Wildman–Crippen MR) is 95.2 cm³/mol. The Bertz CT molecular complexity index is 700. The molecule has 120 valence electrons. The lowest BCUT2D eigenvalue weighted by molar-refractivity contribution is -0.119. The molecule has 3 rings (SSSR count). The van der Waals surface area contributed by atoms with Crippen molar-refractivity contribution in [2.45, 2.75) is 23.8 Å². The normalized spacial score (nSPS) is 17.3. The topological polar surface area (TPSA) is 49.4 Å². The molecule has 0 saturated carbocycles. The monoisotopic (exact) mass is 346 g/mol. The second-order valence-electron chi connectivity index (χ2n) is 5.36. The third-order valence-corrected chi connectivity index (χ3v) is 5.47. The molecular formula is C17H18N2O2S2. The van der Waals surface area contributed by atoms with E-state index < -0.39 is 0 Å². The highest BCUT2D eigenvalue weighted by molar-refractivity contribution is 7.98. The standard InChI is InChI=1S/C17H18N2O2S2/c1-22-13-6-2-5-12(11-13)18-16(20)14-7-3-9-19(14)17(21)15-8-4-10-23-15/h2,4-6,8,10-11,14H,3,7,9H2,1H3,(H,18,20). The van der Waals surface area contributed by atoms with Gasteiger partial charge in [-0.2, -0.15) is 0 Å². The van der Waals surface area contributed by atoms with Gasteiger partial charge in [0.25, 0.3) is 5.91 Å². The van der Waals surface area contributed by atoms with Gasteiger partial charge in [-0.15, -0.1) is 23.1 Å². The highest BCUT2D eigenvalue weighted by Crippen LogP contribution is 2.24. The maximum atomic E-state index is 12.6. The van der Waals surface area contributed by atoms with E-state index in [0.717, 1.165) is 17.0 Å². The molecule has 1 atom stereocenters. The Balaban J connectivity index is 1.71. The van der Waals surface area contributed by atoms with Crippen LogP contribution in [0.3, 0.4) is 0 Å². The summed E-state index contributed by atoms with van der Waals surface area (Å²) in [5, 5.41) is 4.83. The van der Waals surface area contributed by atoms with Crippen molar-refractivity contribution in [3.63, 3.8) is 0 Å². The number of carbonyl (C=O) groups excluding carboxylic acids is 2. The molecule has 0 spiro atoms. The highest BCUT2D eigenvalue weighted by Gasteiger charge is 2.34. The van der Waals surface area contributed by atoms with Gasteiger partial charge in [-0.1, -0.05) is 12.1 Å². The molecule has 2 heterocycles. The zero-order valence-electron chi connectivity index (χ0n) is 12.8. The minimum Gasteiger partial charge on any atom is -0.326 e. The molecule has 2 aromatic rings. The van der Waals surface area contributed by atoms with Crippen molar-refractivity contribution in [2.24, 2.45) is 0 Å². The zero-order chi connectivity index (χ0) is 16.2. The van der Waals surface area contributed by atoms with Crippen LogP contribution < -0.4 is 5.32 Å². The number of nitrogens with one attached hydrogen (secondary N) is 1. The van der Waals surface area contributed by atoms with E-state index >= 15 is 0 Å². The number of carbonyl (C=O) groups is 2. The molecule has 23 heavy (non-hydrogen) atoms. The molecule has 2 amide bonds. The van der Waals surface area contributed by atoms with Crippen molar-refractivity contribution in [3.05, 3.63) is 46.7 Å². The van der Waals surface area contributed by atoms with Crippen molar-refractivity contribution >= 4 is 40.6 Å². The predicted octanol–water partition coefficient (Wildman–Crippen LogP) is 3.71. The highest BCUT2D eigenvalue weighted by atomic mass is 32.2. The lowest BCUT2D eigenvalue weighted by Crippen LogP contribution is -2.42. The van der Waals surface area contributed by atoms with Gasteiger partial charge in [0.2, 0.25) is 5.91 Å². The van der Waals surface area contributed by atoms with Gasteiger partial charge >= 0.3 is 0 Å². The van der Waals surface area contributed by atoms with Crippen LogP contribution in [0.2, 0.25) is 0 Å². The lowest BCUT2D eigenvalue weighted by atomic mass is 10.2. The van der Waals surface area contributed by atoms with Gasteiger partial charge in [0, 0.05) is 17.1 Å². The number of likely N-dealkylation sites (tertiary alicyclic amines) is 1. The van der Waals surface area contributed by atoms with Crippen LogP contribution in [0, 0.1) is 0 Å². The summed E-state index contributed by atoms with van der Waals surface area (Å²) in [6.07, 6.45) is 3.57. The first-order valence-corrected chi connectivity index (χ1v) is 9.59. The van der Waals surface area contributed by atoms with Crippen LogP contribution in [0.15, 0.2) is 46.7 Å². The summed E-state index contributed by atoms with van der Waals surface area (Å²) in [6.45, 7) is 0.639. The van der Waals surface area contributed by atoms with Crippen molar-refractivity contribution < 1.29 is 9.59 Å². The Hall–Kier alpha value is -1.79. The molecule has 0 bridgehead atoms. The maximum Gasteiger partial charge on any atom is 0.264 e. The molecule has 1 N–H and O–H groups in total. The summed E-state index contributed by atoms with van der Waals surface area (Å²) in [5.74, 6) is -0.152. The molecule has 1 fully saturated rings. The first-order chi connectivity index (χ1) is 11.2. The van der Waals surface area contributed by atoms with Crippen LogP contribution in [0.25, 0.3) is 0 Å². The lowest BCUT2D eigenvalue weighted by Gasteiger charge is -2.23. The van der Waals surface area contributed by atoms with Crippen LogP contribution in [0.5, 0.6) is 0 Å². The third-order valence-electron chi connectivity index (χ3n) is 3.89. The quantitative estimate of drug-likeness (QED) is 0.859. The zero-order valence-corrected chi connectivity index (χ0v) is 14.5. The number of thiophene rings is 1. The van der Waals surface area contributed by atoms with Crippen LogP contribution in [-0.4, -0.2) is 35.6 Å². The number of thioether (sulfide) groups is 1. The SMILES string of the molecule is CSc1cccc(NC(=O)C2CCCN2C(=O)c2cccs2)c1. The van der Waals surface area contributed by atoms with Crippen molar-refractivity contribution in [1.29, 1.82) is 0 Å². The summed E-state index contributed by atoms with van der Waals surface area (Å²) in [4.78, 5) is 28.6. The van der Waals surface area contributed by atoms with Gasteiger partial charge in [-0.25, -0.2) is 0 Å². The van der Waals surface area contributed by atoms with E-state index in [-0.39, 0.29) is 17.9 Å². The summed E-state index contributed by atoms with van der Waals surface area (Å²) in [6, 6.07) is 11.0. The first kappa shape index (κ1) is 16.1. The number of anilines is 1. The van der Waals surface area contributed by atoms with Gasteiger partial charge in [-0.05, 0) is 48.7 Å². The first-order valence-electron chi connectivity index (χ1n) is 7.48. The van der Waals surface area contributed by atoms with E-state index in [1.165, 1.54) is 11.3 Å². The Kier molecular flexibility index (Phi) is 5.03. The van der Waals surface area contributed by atoms with Crippen molar-refractivity contribution in [3.8, 4) is 0 Å². The number of nitrogens with zero attached hydrogens (tertiary/aromatic N) is 1. The Morgan fingerprint density at radius 2 is 2.17 bits per heavy atom. The Morgan fingerprint density at radius 3 is 2.91 bits per heavy atom. The fourth-order valence-corrected chi connectivity index (χ4v) is 3.89. The molecule has 0 aliphatic carbocycles. The van der Waals surface area contributed by atoms with Crippen LogP contribution in [0.1, 0.15) is 22.5 Å². The maximum absolute atomic E-state index is 12.6. The average Bonchev–Trinajstić information content (AvgIpc) is 3.25. The van der Waals surface area contributed by atoms with E-state index in [1.807, 2.05) is 48.0 Å². The minimum atomic E-state index is -0.387. The Labute approximate surface area is 143 Å². The molecule has 1 aliphatic rings. The van der Waals surface area contributed by atoms with E-state index in [0.29, 0.717) is 17.8 Å².